The molecule has 0 radical (unpaired) electrons. The minimum absolute atomic E-state index is 0.646. The highest BCUT2D eigenvalue weighted by atomic mass is 14.2. The standard InChI is InChI=1S/C12H18/c1-3-11-9-7-5-6-8-10-12(11)4-2/h3-6,11-12H,1-2,7-10H2. The Morgan fingerprint density at radius 1 is 0.917 bits per heavy atom. The van der Waals surface area contributed by atoms with Crippen LogP contribution in [-0.2, 0) is 0 Å². The Balaban J connectivity index is 2.60. The van der Waals surface area contributed by atoms with Crippen LogP contribution in [0.1, 0.15) is 25.7 Å². The van der Waals surface area contributed by atoms with Gasteiger partial charge in [-0.1, -0.05) is 24.3 Å². The predicted octanol–water partition coefficient (Wildman–Crippen LogP) is 3.72. The van der Waals surface area contributed by atoms with Crippen molar-refractivity contribution in [2.45, 2.75) is 25.7 Å². The smallest absolute Gasteiger partial charge is 0.0170 e. The number of rotatable bonds is 2. The van der Waals surface area contributed by atoms with Crippen LogP contribution in [0, 0.1) is 11.8 Å². The summed E-state index contributed by atoms with van der Waals surface area (Å²) in [5.41, 5.74) is 0. The molecule has 0 aromatic carbocycles. The molecule has 1 rings (SSSR count). The van der Waals surface area contributed by atoms with Gasteiger partial charge in [0, 0.05) is 0 Å². The molecular formula is C12H18. The van der Waals surface area contributed by atoms with E-state index in [-0.39, 0.29) is 0 Å². The second-order valence-corrected chi connectivity index (χ2v) is 3.43. The van der Waals surface area contributed by atoms with Gasteiger partial charge in [-0.05, 0) is 37.5 Å². The van der Waals surface area contributed by atoms with Gasteiger partial charge in [-0.3, -0.25) is 0 Å². The first-order valence-electron chi connectivity index (χ1n) is 4.78. The summed E-state index contributed by atoms with van der Waals surface area (Å²) in [7, 11) is 0. The Bertz CT molecular complexity index is 156. The highest BCUT2D eigenvalue weighted by Gasteiger charge is 2.15. The largest absolute Gasteiger partial charge is 0.103 e. The van der Waals surface area contributed by atoms with Crippen molar-refractivity contribution < 1.29 is 0 Å². The summed E-state index contributed by atoms with van der Waals surface area (Å²) >= 11 is 0. The van der Waals surface area contributed by atoms with E-state index in [1.165, 1.54) is 25.7 Å². The van der Waals surface area contributed by atoms with Crippen LogP contribution in [0.4, 0.5) is 0 Å². The molecule has 0 N–H and O–H groups in total. The van der Waals surface area contributed by atoms with Gasteiger partial charge in [0.25, 0.3) is 0 Å². The monoisotopic (exact) mass is 162 g/mol. The molecule has 0 fully saturated rings. The first-order chi connectivity index (χ1) is 5.88. The van der Waals surface area contributed by atoms with Crippen LogP contribution in [-0.4, -0.2) is 0 Å². The van der Waals surface area contributed by atoms with Crippen molar-refractivity contribution in [3.8, 4) is 0 Å². The van der Waals surface area contributed by atoms with E-state index < -0.39 is 0 Å². The summed E-state index contributed by atoms with van der Waals surface area (Å²) in [5, 5.41) is 0. The second-order valence-electron chi connectivity index (χ2n) is 3.43. The maximum atomic E-state index is 3.88. The van der Waals surface area contributed by atoms with E-state index in [1.54, 1.807) is 0 Å². The molecular weight excluding hydrogens is 144 g/mol. The van der Waals surface area contributed by atoms with Gasteiger partial charge in [0.15, 0.2) is 0 Å². The lowest BCUT2D eigenvalue weighted by atomic mass is 9.84. The average Bonchev–Trinajstić information content (AvgIpc) is 2.05. The van der Waals surface area contributed by atoms with Gasteiger partial charge in [-0.25, -0.2) is 0 Å². The van der Waals surface area contributed by atoms with Gasteiger partial charge >= 0.3 is 0 Å². The molecule has 0 aromatic rings. The number of hydrogen-bond acceptors (Lipinski definition) is 0. The van der Waals surface area contributed by atoms with Crippen molar-refractivity contribution in [2.24, 2.45) is 11.8 Å². The Labute approximate surface area is 75.7 Å². The van der Waals surface area contributed by atoms with Crippen molar-refractivity contribution in [3.63, 3.8) is 0 Å². The van der Waals surface area contributed by atoms with E-state index >= 15 is 0 Å². The molecule has 0 spiro atoms. The summed E-state index contributed by atoms with van der Waals surface area (Å²) in [5.74, 6) is 1.29. The van der Waals surface area contributed by atoms with Crippen LogP contribution in [0.15, 0.2) is 37.5 Å². The lowest BCUT2D eigenvalue weighted by molar-refractivity contribution is 0.420. The summed E-state index contributed by atoms with van der Waals surface area (Å²) in [6.45, 7) is 7.77. The zero-order valence-corrected chi connectivity index (χ0v) is 7.71. The molecule has 0 aromatic heterocycles. The Morgan fingerprint density at radius 3 is 1.67 bits per heavy atom. The molecule has 0 heteroatoms. The van der Waals surface area contributed by atoms with E-state index in [2.05, 4.69) is 37.5 Å². The van der Waals surface area contributed by atoms with Crippen LogP contribution in [0.25, 0.3) is 0 Å². The van der Waals surface area contributed by atoms with Gasteiger partial charge in [-0.15, -0.1) is 13.2 Å². The van der Waals surface area contributed by atoms with Crippen molar-refractivity contribution in [1.29, 1.82) is 0 Å². The minimum Gasteiger partial charge on any atom is -0.103 e. The molecule has 1 aliphatic rings. The molecule has 2 atom stereocenters. The van der Waals surface area contributed by atoms with Crippen LogP contribution >= 0.6 is 0 Å². The van der Waals surface area contributed by atoms with Crippen molar-refractivity contribution in [1.82, 2.24) is 0 Å². The van der Waals surface area contributed by atoms with Gasteiger partial charge < -0.3 is 0 Å². The molecule has 0 heterocycles. The number of allylic oxidation sites excluding steroid dienone is 4. The quantitative estimate of drug-likeness (QED) is 0.543. The minimum atomic E-state index is 0.646. The highest BCUT2D eigenvalue weighted by Crippen LogP contribution is 2.26. The molecule has 66 valence electrons. The van der Waals surface area contributed by atoms with Crippen LogP contribution in [0.2, 0.25) is 0 Å². The fourth-order valence-corrected chi connectivity index (χ4v) is 1.83. The first kappa shape index (κ1) is 9.31. The van der Waals surface area contributed by atoms with Crippen molar-refractivity contribution >= 4 is 0 Å². The molecule has 0 saturated heterocycles. The Hall–Kier alpha value is -0.780. The molecule has 0 bridgehead atoms. The maximum Gasteiger partial charge on any atom is -0.0170 e. The fourth-order valence-electron chi connectivity index (χ4n) is 1.83. The third-order valence-electron chi connectivity index (χ3n) is 2.66. The molecule has 2 unspecified atom stereocenters. The van der Waals surface area contributed by atoms with Gasteiger partial charge in [0.1, 0.15) is 0 Å². The summed E-state index contributed by atoms with van der Waals surface area (Å²) in [4.78, 5) is 0. The van der Waals surface area contributed by atoms with Crippen LogP contribution in [0.5, 0.6) is 0 Å². The third kappa shape index (κ3) is 2.37. The van der Waals surface area contributed by atoms with E-state index in [9.17, 15) is 0 Å². The molecule has 1 aliphatic carbocycles. The lowest BCUT2D eigenvalue weighted by Gasteiger charge is -2.21. The van der Waals surface area contributed by atoms with E-state index in [0.717, 1.165) is 0 Å². The van der Waals surface area contributed by atoms with Gasteiger partial charge in [0.2, 0.25) is 0 Å². The molecule has 0 saturated carbocycles. The van der Waals surface area contributed by atoms with Crippen molar-refractivity contribution in [2.75, 3.05) is 0 Å². The van der Waals surface area contributed by atoms with Crippen LogP contribution in [0.3, 0.4) is 0 Å². The summed E-state index contributed by atoms with van der Waals surface area (Å²) in [6.07, 6.45) is 13.6. The Morgan fingerprint density at radius 2 is 1.33 bits per heavy atom. The average molecular weight is 162 g/mol. The Kier molecular flexibility index (Phi) is 3.86. The SMILES string of the molecule is C=CC1CCC=CCCC1C=C. The van der Waals surface area contributed by atoms with Crippen LogP contribution < -0.4 is 0 Å². The topological polar surface area (TPSA) is 0 Å². The summed E-state index contributed by atoms with van der Waals surface area (Å²) < 4.78 is 0. The zero-order chi connectivity index (χ0) is 8.81. The highest BCUT2D eigenvalue weighted by molar-refractivity contribution is 4.98. The normalized spacial score (nSPS) is 30.3. The van der Waals surface area contributed by atoms with Gasteiger partial charge in [0.05, 0.1) is 0 Å². The molecule has 0 amide bonds. The molecule has 12 heavy (non-hydrogen) atoms. The molecule has 0 nitrogen and oxygen atoms in total. The van der Waals surface area contributed by atoms with E-state index in [1.807, 2.05) is 0 Å². The summed E-state index contributed by atoms with van der Waals surface area (Å²) in [6, 6.07) is 0. The maximum absolute atomic E-state index is 3.88. The predicted molar refractivity (Wildman–Crippen MR) is 55.0 cm³/mol. The molecule has 0 aliphatic heterocycles. The zero-order valence-electron chi connectivity index (χ0n) is 7.71. The van der Waals surface area contributed by atoms with E-state index in [0.29, 0.717) is 11.8 Å². The van der Waals surface area contributed by atoms with Crippen molar-refractivity contribution in [3.05, 3.63) is 37.5 Å². The van der Waals surface area contributed by atoms with Gasteiger partial charge in [-0.2, -0.15) is 0 Å². The fraction of sp³-hybridized carbons (Fsp3) is 0.500. The van der Waals surface area contributed by atoms with E-state index in [4.69, 9.17) is 0 Å². The second kappa shape index (κ2) is 4.97. The first-order valence-corrected chi connectivity index (χ1v) is 4.78. The third-order valence-corrected chi connectivity index (χ3v) is 2.66. The lowest BCUT2D eigenvalue weighted by Crippen LogP contribution is -2.10. The number of hydrogen-bond donors (Lipinski definition) is 0.